The molecule has 1 unspecified atom stereocenters. The smallest absolute Gasteiger partial charge is 0.181 e. The van der Waals surface area contributed by atoms with Gasteiger partial charge in [0.1, 0.15) is 0 Å². The van der Waals surface area contributed by atoms with Crippen LogP contribution >= 0.6 is 11.8 Å². The van der Waals surface area contributed by atoms with E-state index in [1.165, 1.54) is 16.9 Å². The van der Waals surface area contributed by atoms with E-state index in [1.807, 2.05) is 11.8 Å². The number of anilines is 1. The maximum absolute atomic E-state index is 5.30. The second-order valence-electron chi connectivity index (χ2n) is 4.99. The average molecular weight is 294 g/mol. The molecule has 3 aromatic rings. The second kappa shape index (κ2) is 5.30. The molecule has 0 aliphatic carbocycles. The SMILES string of the molecule is c1ccc2c(c1)SCC2Nc1ccc(-c2cnco2)cc1. The van der Waals surface area contributed by atoms with Crippen LogP contribution in [0.4, 0.5) is 5.69 Å². The quantitative estimate of drug-likeness (QED) is 0.766. The normalized spacial score (nSPS) is 16.7. The lowest BCUT2D eigenvalue weighted by Gasteiger charge is -2.15. The molecule has 104 valence electrons. The van der Waals surface area contributed by atoms with Crippen LogP contribution in [0.2, 0.25) is 0 Å². The van der Waals surface area contributed by atoms with Crippen molar-refractivity contribution in [1.29, 1.82) is 0 Å². The Morgan fingerprint density at radius 1 is 1.10 bits per heavy atom. The zero-order valence-electron chi connectivity index (χ0n) is 11.3. The molecule has 1 aromatic heterocycles. The highest BCUT2D eigenvalue weighted by molar-refractivity contribution is 7.99. The van der Waals surface area contributed by atoms with Crippen molar-refractivity contribution >= 4 is 17.4 Å². The van der Waals surface area contributed by atoms with Crippen molar-refractivity contribution in [2.24, 2.45) is 0 Å². The van der Waals surface area contributed by atoms with Gasteiger partial charge in [-0.25, -0.2) is 4.98 Å². The van der Waals surface area contributed by atoms with Gasteiger partial charge in [-0.15, -0.1) is 11.8 Å². The summed E-state index contributed by atoms with van der Waals surface area (Å²) in [6.07, 6.45) is 3.18. The Morgan fingerprint density at radius 3 is 2.76 bits per heavy atom. The fourth-order valence-electron chi connectivity index (χ4n) is 2.57. The average Bonchev–Trinajstić information content (AvgIpc) is 3.19. The van der Waals surface area contributed by atoms with E-state index >= 15 is 0 Å². The molecule has 3 nitrogen and oxygen atoms in total. The minimum atomic E-state index is 0.377. The van der Waals surface area contributed by atoms with Crippen molar-refractivity contribution in [3.05, 3.63) is 66.7 Å². The molecule has 4 rings (SSSR count). The molecule has 0 fully saturated rings. The molecule has 1 aliphatic rings. The molecule has 0 saturated carbocycles. The molecule has 21 heavy (non-hydrogen) atoms. The summed E-state index contributed by atoms with van der Waals surface area (Å²) in [5.74, 6) is 1.87. The fraction of sp³-hybridized carbons (Fsp3) is 0.118. The first-order chi connectivity index (χ1) is 10.4. The van der Waals surface area contributed by atoms with Gasteiger partial charge in [0.05, 0.1) is 12.2 Å². The second-order valence-corrected chi connectivity index (χ2v) is 6.05. The number of rotatable bonds is 3. The fourth-order valence-corrected chi connectivity index (χ4v) is 3.73. The highest BCUT2D eigenvalue weighted by Gasteiger charge is 2.22. The number of oxazole rings is 1. The van der Waals surface area contributed by atoms with Crippen LogP contribution < -0.4 is 5.32 Å². The molecular formula is C17H14N2OS. The lowest BCUT2D eigenvalue weighted by atomic mass is 10.1. The summed E-state index contributed by atoms with van der Waals surface area (Å²) in [6, 6.07) is 17.3. The lowest BCUT2D eigenvalue weighted by Crippen LogP contribution is -2.09. The maximum Gasteiger partial charge on any atom is 0.181 e. The molecule has 1 N–H and O–H groups in total. The predicted octanol–water partition coefficient (Wildman–Crippen LogP) is 4.60. The molecular weight excluding hydrogens is 280 g/mol. The molecule has 4 heteroatoms. The minimum absolute atomic E-state index is 0.377. The summed E-state index contributed by atoms with van der Waals surface area (Å²) in [4.78, 5) is 5.33. The Hall–Kier alpha value is -2.20. The largest absolute Gasteiger partial charge is 0.444 e. The number of nitrogens with zero attached hydrogens (tertiary/aromatic N) is 1. The topological polar surface area (TPSA) is 38.1 Å². The van der Waals surface area contributed by atoms with E-state index in [9.17, 15) is 0 Å². The van der Waals surface area contributed by atoms with Gasteiger partial charge in [-0.2, -0.15) is 0 Å². The van der Waals surface area contributed by atoms with Gasteiger partial charge in [0.25, 0.3) is 0 Å². The van der Waals surface area contributed by atoms with Crippen LogP contribution in [0.25, 0.3) is 11.3 Å². The number of fused-ring (bicyclic) bond motifs is 1. The van der Waals surface area contributed by atoms with Crippen molar-refractivity contribution in [3.63, 3.8) is 0 Å². The van der Waals surface area contributed by atoms with Crippen LogP contribution in [-0.2, 0) is 0 Å². The summed E-state index contributed by atoms with van der Waals surface area (Å²) >= 11 is 1.91. The lowest BCUT2D eigenvalue weighted by molar-refractivity contribution is 0.572. The predicted molar refractivity (Wildman–Crippen MR) is 85.5 cm³/mol. The van der Waals surface area contributed by atoms with Crippen molar-refractivity contribution in [2.45, 2.75) is 10.9 Å². The van der Waals surface area contributed by atoms with Crippen LogP contribution in [0.1, 0.15) is 11.6 Å². The third kappa shape index (κ3) is 2.43. The molecule has 0 saturated heterocycles. The molecule has 1 atom stereocenters. The van der Waals surface area contributed by atoms with Gasteiger partial charge in [0.2, 0.25) is 0 Å². The van der Waals surface area contributed by atoms with E-state index in [1.54, 1.807) is 6.20 Å². The van der Waals surface area contributed by atoms with Crippen LogP contribution in [0, 0.1) is 0 Å². The van der Waals surface area contributed by atoms with E-state index in [0.29, 0.717) is 6.04 Å². The monoisotopic (exact) mass is 294 g/mol. The highest BCUT2D eigenvalue weighted by Crippen LogP contribution is 2.39. The summed E-state index contributed by atoms with van der Waals surface area (Å²) in [5.41, 5.74) is 3.56. The Labute approximate surface area is 127 Å². The van der Waals surface area contributed by atoms with Crippen molar-refractivity contribution in [1.82, 2.24) is 4.98 Å². The van der Waals surface area contributed by atoms with Gasteiger partial charge in [-0.1, -0.05) is 18.2 Å². The maximum atomic E-state index is 5.30. The van der Waals surface area contributed by atoms with Crippen molar-refractivity contribution in [3.8, 4) is 11.3 Å². The molecule has 0 bridgehead atoms. The summed E-state index contributed by atoms with van der Waals surface area (Å²) < 4.78 is 5.30. The van der Waals surface area contributed by atoms with Gasteiger partial charge < -0.3 is 9.73 Å². The molecule has 2 heterocycles. The molecule has 2 aromatic carbocycles. The van der Waals surface area contributed by atoms with E-state index in [2.05, 4.69) is 58.8 Å². The van der Waals surface area contributed by atoms with Gasteiger partial charge in [0, 0.05) is 21.9 Å². The first-order valence-corrected chi connectivity index (χ1v) is 7.86. The molecule has 0 radical (unpaired) electrons. The van der Waals surface area contributed by atoms with Crippen molar-refractivity contribution in [2.75, 3.05) is 11.1 Å². The minimum Gasteiger partial charge on any atom is -0.444 e. The number of benzene rings is 2. The van der Waals surface area contributed by atoms with Crippen LogP contribution in [0.15, 0.2) is 70.4 Å². The third-order valence-electron chi connectivity index (χ3n) is 3.64. The first-order valence-electron chi connectivity index (χ1n) is 6.87. The summed E-state index contributed by atoms with van der Waals surface area (Å²) in [6.45, 7) is 0. The molecule has 1 aliphatic heterocycles. The number of thioether (sulfide) groups is 1. The van der Waals surface area contributed by atoms with E-state index in [4.69, 9.17) is 4.42 Å². The number of nitrogens with one attached hydrogen (secondary N) is 1. The van der Waals surface area contributed by atoms with Crippen LogP contribution in [-0.4, -0.2) is 10.7 Å². The Balaban J connectivity index is 1.53. The molecule has 0 spiro atoms. The van der Waals surface area contributed by atoms with E-state index in [-0.39, 0.29) is 0 Å². The summed E-state index contributed by atoms with van der Waals surface area (Å²) in [5, 5.41) is 3.60. The Morgan fingerprint density at radius 2 is 1.95 bits per heavy atom. The first kappa shape index (κ1) is 12.5. The zero-order chi connectivity index (χ0) is 14.1. The number of hydrogen-bond donors (Lipinski definition) is 1. The van der Waals surface area contributed by atoms with Gasteiger partial charge in [0.15, 0.2) is 12.2 Å². The van der Waals surface area contributed by atoms with Crippen molar-refractivity contribution < 1.29 is 4.42 Å². The zero-order valence-corrected chi connectivity index (χ0v) is 12.1. The number of hydrogen-bond acceptors (Lipinski definition) is 4. The Bertz CT molecular complexity index is 738. The standard InChI is InChI=1S/C17H14N2OS/c1-2-4-17-14(3-1)15(10-21-17)19-13-7-5-12(6-8-13)16-9-18-11-20-16/h1-9,11,15,19H,10H2. The van der Waals surface area contributed by atoms with E-state index in [0.717, 1.165) is 22.8 Å². The van der Waals surface area contributed by atoms with Gasteiger partial charge in [-0.05, 0) is 35.9 Å². The van der Waals surface area contributed by atoms with Crippen LogP contribution in [0.3, 0.4) is 0 Å². The van der Waals surface area contributed by atoms with Gasteiger partial charge >= 0.3 is 0 Å². The van der Waals surface area contributed by atoms with Gasteiger partial charge in [-0.3, -0.25) is 0 Å². The highest BCUT2D eigenvalue weighted by atomic mass is 32.2. The number of aromatic nitrogens is 1. The van der Waals surface area contributed by atoms with E-state index < -0.39 is 0 Å². The summed E-state index contributed by atoms with van der Waals surface area (Å²) in [7, 11) is 0. The molecule has 0 amide bonds. The third-order valence-corrected chi connectivity index (χ3v) is 4.83. The van der Waals surface area contributed by atoms with Crippen LogP contribution in [0.5, 0.6) is 0 Å². The Kier molecular flexibility index (Phi) is 3.16.